The Morgan fingerprint density at radius 1 is 1.40 bits per heavy atom. The molecule has 0 saturated carbocycles. The number of piperidine rings is 1. The molecule has 4 heteroatoms. The van der Waals surface area contributed by atoms with Gasteiger partial charge in [0.1, 0.15) is 0 Å². The molecule has 0 aromatic heterocycles. The zero-order valence-corrected chi connectivity index (χ0v) is 10.5. The van der Waals surface area contributed by atoms with Crippen molar-refractivity contribution in [2.24, 2.45) is 0 Å². The largest absolute Gasteiger partial charge is 0.343 e. The molecule has 1 amide bonds. The quantitative estimate of drug-likeness (QED) is 0.687. The molecule has 0 radical (unpaired) electrons. The summed E-state index contributed by atoms with van der Waals surface area (Å²) in [4.78, 5) is 15.9. The topological polar surface area (TPSA) is 23.6 Å². The predicted octanol–water partition coefficient (Wildman–Crippen LogP) is 1.56. The molecule has 3 nitrogen and oxygen atoms in total. The molecule has 1 heterocycles. The lowest BCUT2D eigenvalue weighted by atomic mass is 10.0. The molecule has 0 spiro atoms. The second-order valence-electron chi connectivity index (χ2n) is 4.37. The van der Waals surface area contributed by atoms with E-state index in [0.717, 1.165) is 32.4 Å². The van der Waals surface area contributed by atoms with Crippen LogP contribution in [0.1, 0.15) is 25.7 Å². The van der Waals surface area contributed by atoms with Gasteiger partial charge in [0.2, 0.25) is 5.91 Å². The Morgan fingerprint density at radius 2 is 2.00 bits per heavy atom. The zero-order chi connectivity index (χ0) is 11.3. The first-order chi connectivity index (χ1) is 7.15. The summed E-state index contributed by atoms with van der Waals surface area (Å²) in [7, 11) is 4.21. The van der Waals surface area contributed by atoms with Crippen molar-refractivity contribution in [2.75, 3.05) is 33.1 Å². The van der Waals surface area contributed by atoms with Gasteiger partial charge in [-0.05, 0) is 33.4 Å². The third-order valence-corrected chi connectivity index (χ3v) is 3.34. The molecule has 0 bridgehead atoms. The van der Waals surface area contributed by atoms with Crippen molar-refractivity contribution in [3.05, 3.63) is 0 Å². The van der Waals surface area contributed by atoms with E-state index in [1.807, 2.05) is 4.90 Å². The summed E-state index contributed by atoms with van der Waals surface area (Å²) in [6, 6.07) is 0.641. The van der Waals surface area contributed by atoms with Crippen LogP contribution in [0.15, 0.2) is 0 Å². The highest BCUT2D eigenvalue weighted by molar-refractivity contribution is 6.17. The van der Waals surface area contributed by atoms with Gasteiger partial charge in [0.25, 0.3) is 0 Å². The normalized spacial score (nSPS) is 18.5. The fourth-order valence-corrected chi connectivity index (χ4v) is 2.14. The van der Waals surface area contributed by atoms with Crippen molar-refractivity contribution in [3.63, 3.8) is 0 Å². The number of amides is 1. The van der Waals surface area contributed by atoms with E-state index in [-0.39, 0.29) is 5.91 Å². The monoisotopic (exact) mass is 232 g/mol. The average molecular weight is 233 g/mol. The van der Waals surface area contributed by atoms with Gasteiger partial charge in [-0.2, -0.15) is 0 Å². The van der Waals surface area contributed by atoms with Crippen LogP contribution in [-0.2, 0) is 4.79 Å². The molecule has 1 rings (SSSR count). The van der Waals surface area contributed by atoms with Crippen LogP contribution >= 0.6 is 11.6 Å². The highest BCUT2D eigenvalue weighted by Gasteiger charge is 2.23. The van der Waals surface area contributed by atoms with Crippen LogP contribution in [0.3, 0.4) is 0 Å². The Morgan fingerprint density at radius 3 is 2.47 bits per heavy atom. The molecule has 0 aliphatic carbocycles. The van der Waals surface area contributed by atoms with E-state index in [2.05, 4.69) is 19.0 Å². The van der Waals surface area contributed by atoms with Gasteiger partial charge in [0, 0.05) is 31.4 Å². The molecule has 1 aliphatic rings. The van der Waals surface area contributed by atoms with Crippen LogP contribution in [0.5, 0.6) is 0 Å². The Hall–Kier alpha value is -0.280. The summed E-state index contributed by atoms with van der Waals surface area (Å²) < 4.78 is 0. The number of nitrogens with zero attached hydrogens (tertiary/aromatic N) is 2. The molecular weight excluding hydrogens is 212 g/mol. The zero-order valence-electron chi connectivity index (χ0n) is 9.71. The lowest BCUT2D eigenvalue weighted by Gasteiger charge is -2.35. The van der Waals surface area contributed by atoms with Crippen LogP contribution < -0.4 is 0 Å². The van der Waals surface area contributed by atoms with Gasteiger partial charge in [-0.15, -0.1) is 11.6 Å². The molecule has 1 fully saturated rings. The molecule has 88 valence electrons. The van der Waals surface area contributed by atoms with Crippen molar-refractivity contribution in [3.8, 4) is 0 Å². The van der Waals surface area contributed by atoms with Gasteiger partial charge >= 0.3 is 0 Å². The van der Waals surface area contributed by atoms with Crippen molar-refractivity contribution in [1.82, 2.24) is 9.80 Å². The second-order valence-corrected chi connectivity index (χ2v) is 4.75. The molecule has 0 atom stereocenters. The van der Waals surface area contributed by atoms with E-state index < -0.39 is 0 Å². The van der Waals surface area contributed by atoms with Crippen LogP contribution in [0.25, 0.3) is 0 Å². The minimum atomic E-state index is 0.271. The number of carbonyl (C=O) groups is 1. The predicted molar refractivity (Wildman–Crippen MR) is 63.2 cm³/mol. The van der Waals surface area contributed by atoms with E-state index in [4.69, 9.17) is 11.6 Å². The number of carbonyl (C=O) groups excluding carboxylic acids is 1. The van der Waals surface area contributed by atoms with Crippen molar-refractivity contribution in [1.29, 1.82) is 0 Å². The molecule has 0 aromatic carbocycles. The van der Waals surface area contributed by atoms with Crippen molar-refractivity contribution < 1.29 is 4.79 Å². The third-order valence-electron chi connectivity index (χ3n) is 3.07. The van der Waals surface area contributed by atoms with Crippen LogP contribution in [-0.4, -0.2) is 54.8 Å². The SMILES string of the molecule is CN(C)C1CCN(C(=O)CCCCl)CC1. The molecule has 15 heavy (non-hydrogen) atoms. The summed E-state index contributed by atoms with van der Waals surface area (Å²) in [6.07, 6.45) is 3.60. The van der Waals surface area contributed by atoms with Gasteiger partial charge in [-0.25, -0.2) is 0 Å². The summed E-state index contributed by atoms with van der Waals surface area (Å²) in [5.41, 5.74) is 0. The standard InChI is InChI=1S/C11H21ClN2O/c1-13(2)10-5-8-14(9-6-10)11(15)4-3-7-12/h10H,3-9H2,1-2H3. The highest BCUT2D eigenvalue weighted by atomic mass is 35.5. The number of halogens is 1. The fraction of sp³-hybridized carbons (Fsp3) is 0.909. The molecular formula is C11H21ClN2O. The lowest BCUT2D eigenvalue weighted by molar-refractivity contribution is -0.132. The summed E-state index contributed by atoms with van der Waals surface area (Å²) >= 11 is 5.57. The van der Waals surface area contributed by atoms with Gasteiger partial charge in [-0.1, -0.05) is 0 Å². The Balaban J connectivity index is 2.27. The first kappa shape index (κ1) is 12.8. The minimum Gasteiger partial charge on any atom is -0.343 e. The molecule has 0 N–H and O–H groups in total. The summed E-state index contributed by atoms with van der Waals surface area (Å²) in [6.45, 7) is 1.81. The number of likely N-dealkylation sites (tertiary alicyclic amines) is 1. The first-order valence-electron chi connectivity index (χ1n) is 5.65. The van der Waals surface area contributed by atoms with Gasteiger partial charge < -0.3 is 9.80 Å². The van der Waals surface area contributed by atoms with Crippen molar-refractivity contribution >= 4 is 17.5 Å². The van der Waals surface area contributed by atoms with E-state index in [0.29, 0.717) is 18.3 Å². The lowest BCUT2D eigenvalue weighted by Crippen LogP contribution is -2.44. The summed E-state index contributed by atoms with van der Waals surface area (Å²) in [5, 5.41) is 0. The highest BCUT2D eigenvalue weighted by Crippen LogP contribution is 2.15. The first-order valence-corrected chi connectivity index (χ1v) is 6.18. The third kappa shape index (κ3) is 3.99. The molecule has 0 aromatic rings. The maximum absolute atomic E-state index is 11.7. The minimum absolute atomic E-state index is 0.271. The Kier molecular flexibility index (Phi) is 5.40. The summed E-state index contributed by atoms with van der Waals surface area (Å²) in [5.74, 6) is 0.854. The van der Waals surface area contributed by atoms with E-state index >= 15 is 0 Å². The fourth-order valence-electron chi connectivity index (χ4n) is 2.01. The number of alkyl halides is 1. The Bertz CT molecular complexity index is 201. The van der Waals surface area contributed by atoms with Gasteiger partial charge in [0.05, 0.1) is 0 Å². The van der Waals surface area contributed by atoms with E-state index in [1.165, 1.54) is 0 Å². The van der Waals surface area contributed by atoms with Crippen LogP contribution in [0.2, 0.25) is 0 Å². The Labute approximate surface area is 97.4 Å². The number of hydrogen-bond acceptors (Lipinski definition) is 2. The van der Waals surface area contributed by atoms with E-state index in [1.54, 1.807) is 0 Å². The number of rotatable bonds is 4. The van der Waals surface area contributed by atoms with Crippen LogP contribution in [0.4, 0.5) is 0 Å². The molecule has 1 aliphatic heterocycles. The van der Waals surface area contributed by atoms with Crippen molar-refractivity contribution in [2.45, 2.75) is 31.7 Å². The van der Waals surface area contributed by atoms with Gasteiger partial charge in [0.15, 0.2) is 0 Å². The maximum atomic E-state index is 11.7. The number of hydrogen-bond donors (Lipinski definition) is 0. The molecule has 1 saturated heterocycles. The smallest absolute Gasteiger partial charge is 0.222 e. The average Bonchev–Trinajstić information content (AvgIpc) is 2.26. The van der Waals surface area contributed by atoms with Gasteiger partial charge in [-0.3, -0.25) is 4.79 Å². The molecule has 0 unspecified atom stereocenters. The van der Waals surface area contributed by atoms with Crippen LogP contribution in [0, 0.1) is 0 Å². The maximum Gasteiger partial charge on any atom is 0.222 e. The van der Waals surface area contributed by atoms with E-state index in [9.17, 15) is 4.79 Å². The second kappa shape index (κ2) is 6.33.